The molecule has 4 heteroatoms. The highest BCUT2D eigenvalue weighted by Gasteiger charge is 2.23. The predicted octanol–water partition coefficient (Wildman–Crippen LogP) is 4.10. The number of ketones is 1. The number of aromatic nitrogens is 3. The maximum atomic E-state index is 13.1. The second-order valence-corrected chi connectivity index (χ2v) is 5.95. The first-order valence-electron chi connectivity index (χ1n) is 8.25. The zero-order chi connectivity index (χ0) is 17.1. The Morgan fingerprint density at radius 2 is 1.48 bits per heavy atom. The molecular formula is C21H17N3O. The molecule has 1 atom stereocenters. The highest BCUT2D eigenvalue weighted by atomic mass is 16.1. The molecule has 0 aliphatic rings. The lowest BCUT2D eigenvalue weighted by Gasteiger charge is -2.17. The molecule has 0 spiro atoms. The topological polar surface area (TPSA) is 47.8 Å². The highest BCUT2D eigenvalue weighted by molar-refractivity contribution is 6.01. The summed E-state index contributed by atoms with van der Waals surface area (Å²) in [7, 11) is 0. The summed E-state index contributed by atoms with van der Waals surface area (Å²) in [5.41, 5.74) is 3.46. The highest BCUT2D eigenvalue weighted by Crippen LogP contribution is 2.24. The van der Waals surface area contributed by atoms with Crippen LogP contribution in [0.25, 0.3) is 11.0 Å². The second-order valence-electron chi connectivity index (χ2n) is 5.95. The minimum Gasteiger partial charge on any atom is -0.293 e. The van der Waals surface area contributed by atoms with Crippen molar-refractivity contribution in [2.24, 2.45) is 0 Å². The molecule has 25 heavy (non-hydrogen) atoms. The minimum absolute atomic E-state index is 0.0892. The van der Waals surface area contributed by atoms with E-state index in [1.165, 1.54) is 0 Å². The van der Waals surface area contributed by atoms with Crippen molar-refractivity contribution in [3.63, 3.8) is 0 Å². The molecule has 1 unspecified atom stereocenters. The molecule has 1 heterocycles. The fraction of sp³-hybridized carbons (Fsp3) is 0.0952. The lowest BCUT2D eigenvalue weighted by atomic mass is 9.90. The lowest BCUT2D eigenvalue weighted by Crippen LogP contribution is -2.19. The minimum atomic E-state index is -0.311. The van der Waals surface area contributed by atoms with Crippen LogP contribution in [0.4, 0.5) is 0 Å². The van der Waals surface area contributed by atoms with E-state index in [-0.39, 0.29) is 11.7 Å². The molecule has 0 bridgehead atoms. The summed E-state index contributed by atoms with van der Waals surface area (Å²) in [5, 5.41) is 8.45. The molecular weight excluding hydrogens is 310 g/mol. The molecule has 3 aromatic carbocycles. The number of carbonyl (C=O) groups is 1. The van der Waals surface area contributed by atoms with Crippen LogP contribution in [0.15, 0.2) is 84.9 Å². The van der Waals surface area contributed by atoms with Gasteiger partial charge in [-0.2, -0.15) is 0 Å². The van der Waals surface area contributed by atoms with Gasteiger partial charge < -0.3 is 0 Å². The quantitative estimate of drug-likeness (QED) is 0.519. The van der Waals surface area contributed by atoms with Gasteiger partial charge in [0.2, 0.25) is 0 Å². The molecule has 0 saturated heterocycles. The fourth-order valence-corrected chi connectivity index (χ4v) is 3.05. The predicted molar refractivity (Wildman–Crippen MR) is 97.5 cm³/mol. The van der Waals surface area contributed by atoms with Crippen LogP contribution < -0.4 is 0 Å². The molecule has 1 aromatic heterocycles. The van der Waals surface area contributed by atoms with E-state index in [1.54, 1.807) is 0 Å². The van der Waals surface area contributed by atoms with Gasteiger partial charge in [0.05, 0.1) is 18.0 Å². The summed E-state index contributed by atoms with van der Waals surface area (Å²) in [6.45, 7) is 0.457. The van der Waals surface area contributed by atoms with Gasteiger partial charge >= 0.3 is 0 Å². The maximum Gasteiger partial charge on any atom is 0.172 e. The van der Waals surface area contributed by atoms with Crippen molar-refractivity contribution in [3.05, 3.63) is 96.1 Å². The van der Waals surface area contributed by atoms with Crippen molar-refractivity contribution in [3.8, 4) is 0 Å². The average Bonchev–Trinajstić information content (AvgIpc) is 3.10. The molecule has 0 saturated carbocycles. The largest absolute Gasteiger partial charge is 0.293 e. The molecule has 122 valence electrons. The summed E-state index contributed by atoms with van der Waals surface area (Å²) in [6, 6.07) is 27.1. The molecule has 0 N–H and O–H groups in total. The maximum absolute atomic E-state index is 13.1. The lowest BCUT2D eigenvalue weighted by molar-refractivity contribution is 0.0949. The van der Waals surface area contributed by atoms with Gasteiger partial charge in [-0.15, -0.1) is 5.10 Å². The number of Topliss-reactive ketones (excluding diaryl/α,β-unsaturated/α-hetero) is 1. The van der Waals surface area contributed by atoms with Crippen molar-refractivity contribution in [1.82, 2.24) is 15.0 Å². The third kappa shape index (κ3) is 3.06. The van der Waals surface area contributed by atoms with Gasteiger partial charge in [-0.3, -0.25) is 4.79 Å². The van der Waals surface area contributed by atoms with Gasteiger partial charge in [0.25, 0.3) is 0 Å². The molecule has 4 nitrogen and oxygen atoms in total. The van der Waals surface area contributed by atoms with Crippen LogP contribution >= 0.6 is 0 Å². The van der Waals surface area contributed by atoms with Crippen LogP contribution in [0.5, 0.6) is 0 Å². The number of rotatable bonds is 5. The van der Waals surface area contributed by atoms with E-state index in [0.29, 0.717) is 12.1 Å². The van der Waals surface area contributed by atoms with E-state index in [1.807, 2.05) is 89.6 Å². The number of hydrogen-bond acceptors (Lipinski definition) is 3. The third-order valence-electron chi connectivity index (χ3n) is 4.35. The summed E-state index contributed by atoms with van der Waals surface area (Å²) in [5.74, 6) is -0.222. The second kappa shape index (κ2) is 6.69. The normalized spacial score (nSPS) is 12.2. The first kappa shape index (κ1) is 15.3. The number of fused-ring (bicyclic) bond motifs is 1. The molecule has 0 fully saturated rings. The van der Waals surface area contributed by atoms with Gasteiger partial charge in [-0.05, 0) is 17.7 Å². The van der Waals surface area contributed by atoms with Crippen molar-refractivity contribution >= 4 is 16.8 Å². The Bertz CT molecular complexity index is 993. The standard InChI is InChI=1S/C21H17N3O/c25-21(17-11-5-2-6-12-17)18(16-9-3-1-4-10-16)15-24-20-14-8-7-13-19(20)22-23-24/h1-14,18H,15H2. The van der Waals surface area contributed by atoms with Crippen LogP contribution in [0.3, 0.4) is 0 Å². The summed E-state index contributed by atoms with van der Waals surface area (Å²) >= 11 is 0. The Labute approximate surface area is 145 Å². The van der Waals surface area contributed by atoms with Crippen molar-refractivity contribution < 1.29 is 4.79 Å². The smallest absolute Gasteiger partial charge is 0.172 e. The summed E-state index contributed by atoms with van der Waals surface area (Å²) < 4.78 is 1.81. The average molecular weight is 327 g/mol. The van der Waals surface area contributed by atoms with Gasteiger partial charge in [0, 0.05) is 5.56 Å². The zero-order valence-electron chi connectivity index (χ0n) is 13.6. The first-order valence-corrected chi connectivity index (χ1v) is 8.25. The number of benzene rings is 3. The molecule has 0 aliphatic carbocycles. The number of nitrogens with zero attached hydrogens (tertiary/aromatic N) is 3. The summed E-state index contributed by atoms with van der Waals surface area (Å²) in [4.78, 5) is 13.1. The molecule has 4 aromatic rings. The van der Waals surface area contributed by atoms with Crippen LogP contribution in [0, 0.1) is 0 Å². The number of hydrogen-bond donors (Lipinski definition) is 0. The molecule has 0 amide bonds. The zero-order valence-corrected chi connectivity index (χ0v) is 13.6. The Hall–Kier alpha value is -3.27. The number of para-hydroxylation sites is 1. The van der Waals surface area contributed by atoms with Crippen LogP contribution in [-0.2, 0) is 6.54 Å². The van der Waals surface area contributed by atoms with E-state index in [2.05, 4.69) is 10.3 Å². The van der Waals surface area contributed by atoms with Crippen LogP contribution in [-0.4, -0.2) is 20.8 Å². The Morgan fingerprint density at radius 1 is 0.840 bits per heavy atom. The number of carbonyl (C=O) groups excluding carboxylic acids is 1. The van der Waals surface area contributed by atoms with Gasteiger partial charge in [-0.25, -0.2) is 4.68 Å². The monoisotopic (exact) mass is 327 g/mol. The first-order chi connectivity index (χ1) is 12.3. The molecule has 0 aliphatic heterocycles. The van der Waals surface area contributed by atoms with Crippen molar-refractivity contribution in [2.45, 2.75) is 12.5 Å². The van der Waals surface area contributed by atoms with E-state index in [0.717, 1.165) is 16.6 Å². The van der Waals surface area contributed by atoms with Crippen molar-refractivity contribution in [1.29, 1.82) is 0 Å². The van der Waals surface area contributed by atoms with E-state index < -0.39 is 0 Å². The van der Waals surface area contributed by atoms with Crippen LogP contribution in [0.1, 0.15) is 21.8 Å². The fourth-order valence-electron chi connectivity index (χ4n) is 3.05. The Morgan fingerprint density at radius 3 is 2.24 bits per heavy atom. The van der Waals surface area contributed by atoms with Gasteiger partial charge in [-0.1, -0.05) is 78.0 Å². The van der Waals surface area contributed by atoms with E-state index in [4.69, 9.17) is 0 Å². The van der Waals surface area contributed by atoms with Crippen molar-refractivity contribution in [2.75, 3.05) is 0 Å². The van der Waals surface area contributed by atoms with E-state index >= 15 is 0 Å². The Kier molecular flexibility index (Phi) is 4.09. The molecule has 0 radical (unpaired) electrons. The van der Waals surface area contributed by atoms with Gasteiger partial charge in [0.15, 0.2) is 5.78 Å². The van der Waals surface area contributed by atoms with Crippen LogP contribution in [0.2, 0.25) is 0 Å². The van der Waals surface area contributed by atoms with Gasteiger partial charge in [0.1, 0.15) is 5.52 Å². The third-order valence-corrected chi connectivity index (χ3v) is 4.35. The SMILES string of the molecule is O=C(c1ccccc1)C(Cn1nnc2ccccc21)c1ccccc1. The molecule has 4 rings (SSSR count). The Balaban J connectivity index is 1.74. The summed E-state index contributed by atoms with van der Waals surface area (Å²) in [6.07, 6.45) is 0. The van der Waals surface area contributed by atoms with E-state index in [9.17, 15) is 4.79 Å².